The number of nitrogens with zero attached hydrogens (tertiary/aromatic N) is 1. The van der Waals surface area contributed by atoms with Gasteiger partial charge in [-0.05, 0) is 54.2 Å². The summed E-state index contributed by atoms with van der Waals surface area (Å²) in [6.45, 7) is 0.627. The summed E-state index contributed by atoms with van der Waals surface area (Å²) in [5, 5.41) is 1.20. The van der Waals surface area contributed by atoms with E-state index in [0.29, 0.717) is 22.5 Å². The van der Waals surface area contributed by atoms with Crippen molar-refractivity contribution in [2.75, 3.05) is 6.54 Å². The van der Waals surface area contributed by atoms with Crippen molar-refractivity contribution in [3.8, 4) is 0 Å². The van der Waals surface area contributed by atoms with Gasteiger partial charge in [0.2, 0.25) is 5.91 Å². The number of nitrogens with two attached hydrogens (primary N) is 1. The van der Waals surface area contributed by atoms with Gasteiger partial charge in [0.05, 0.1) is 12.5 Å². The van der Waals surface area contributed by atoms with Crippen molar-refractivity contribution in [1.82, 2.24) is 4.90 Å². The number of hydrogen-bond donors (Lipinski definition) is 1. The molecule has 2 aromatic rings. The Labute approximate surface area is 179 Å². The Kier molecular flexibility index (Phi) is 5.81. The Bertz CT molecular complexity index is 915. The van der Waals surface area contributed by atoms with Crippen LogP contribution in [0.1, 0.15) is 42.5 Å². The van der Waals surface area contributed by atoms with Gasteiger partial charge >= 0.3 is 0 Å². The number of primary amides is 1. The highest BCUT2D eigenvalue weighted by atomic mass is 35.5. The molecule has 7 heteroatoms. The third-order valence-corrected chi connectivity index (χ3v) is 5.91. The van der Waals surface area contributed by atoms with Gasteiger partial charge in [-0.1, -0.05) is 47.5 Å². The molecule has 1 saturated carbocycles. The Morgan fingerprint density at radius 1 is 1.07 bits per heavy atom. The zero-order valence-corrected chi connectivity index (χ0v) is 17.3. The highest BCUT2D eigenvalue weighted by Crippen LogP contribution is 2.45. The van der Waals surface area contributed by atoms with Crippen LogP contribution in [0.15, 0.2) is 48.5 Å². The normalized spacial score (nSPS) is 24.6. The molecule has 1 heterocycles. The van der Waals surface area contributed by atoms with Crippen LogP contribution < -0.4 is 5.73 Å². The third kappa shape index (κ3) is 4.58. The van der Waals surface area contributed by atoms with Gasteiger partial charge < -0.3 is 15.4 Å². The first-order valence-electron chi connectivity index (χ1n) is 9.67. The number of amides is 2. The van der Waals surface area contributed by atoms with E-state index in [2.05, 4.69) is 0 Å². The molecule has 152 valence electrons. The van der Waals surface area contributed by atoms with Gasteiger partial charge in [-0.2, -0.15) is 0 Å². The van der Waals surface area contributed by atoms with Crippen LogP contribution in [0.3, 0.4) is 0 Å². The smallest absolute Gasteiger partial charge is 0.252 e. The molecule has 0 bridgehead atoms. The van der Waals surface area contributed by atoms with Crippen molar-refractivity contribution in [1.29, 1.82) is 0 Å². The standard InChI is InChI=1S/C22H22Cl2N2O3/c23-16-8-6-14(7-9-16)20-21(15-2-1-3-17(24)10-15)29-18(11-19(25)27)22(28)26(20)12-13-4-5-13/h1-3,6-10,13,18,20-21H,4-5,11-12H2,(H2,25,27)/t18-,20-,21-/m0/s1. The number of benzene rings is 2. The van der Waals surface area contributed by atoms with E-state index < -0.39 is 18.1 Å². The zero-order valence-electron chi connectivity index (χ0n) is 15.8. The maximum absolute atomic E-state index is 13.3. The van der Waals surface area contributed by atoms with Crippen LogP contribution in [0.2, 0.25) is 10.0 Å². The highest BCUT2D eigenvalue weighted by Gasteiger charge is 2.46. The van der Waals surface area contributed by atoms with Gasteiger partial charge in [-0.15, -0.1) is 0 Å². The molecule has 1 aliphatic carbocycles. The van der Waals surface area contributed by atoms with Crippen LogP contribution >= 0.6 is 23.2 Å². The van der Waals surface area contributed by atoms with E-state index >= 15 is 0 Å². The average Bonchev–Trinajstić information content (AvgIpc) is 3.49. The lowest BCUT2D eigenvalue weighted by molar-refractivity contribution is -0.176. The van der Waals surface area contributed by atoms with E-state index in [9.17, 15) is 9.59 Å². The number of carbonyl (C=O) groups excluding carboxylic acids is 2. The zero-order chi connectivity index (χ0) is 20.5. The summed E-state index contributed by atoms with van der Waals surface area (Å²) in [5.41, 5.74) is 7.16. The Hall–Kier alpha value is -2.08. The van der Waals surface area contributed by atoms with Gasteiger partial charge in [0.25, 0.3) is 5.91 Å². The number of carbonyl (C=O) groups is 2. The van der Waals surface area contributed by atoms with Crippen LogP contribution in [0.4, 0.5) is 0 Å². The molecule has 2 aromatic carbocycles. The molecule has 4 rings (SSSR count). The van der Waals surface area contributed by atoms with Crippen molar-refractivity contribution in [2.24, 2.45) is 11.7 Å². The fourth-order valence-electron chi connectivity index (χ4n) is 3.85. The first-order chi connectivity index (χ1) is 13.9. The number of morpholine rings is 1. The first kappa shape index (κ1) is 20.2. The molecule has 0 spiro atoms. The van der Waals surface area contributed by atoms with Crippen LogP contribution in [-0.4, -0.2) is 29.4 Å². The minimum absolute atomic E-state index is 0.148. The predicted molar refractivity (Wildman–Crippen MR) is 112 cm³/mol. The van der Waals surface area contributed by atoms with E-state index in [4.69, 9.17) is 33.7 Å². The molecule has 0 aromatic heterocycles. The van der Waals surface area contributed by atoms with E-state index in [1.807, 2.05) is 35.2 Å². The molecule has 2 N–H and O–H groups in total. The van der Waals surface area contributed by atoms with Gasteiger partial charge in [-0.25, -0.2) is 0 Å². The van der Waals surface area contributed by atoms with Crippen LogP contribution in [0.25, 0.3) is 0 Å². The van der Waals surface area contributed by atoms with Gasteiger partial charge in [0.1, 0.15) is 12.2 Å². The number of rotatable bonds is 6. The topological polar surface area (TPSA) is 72.6 Å². The fraction of sp³-hybridized carbons (Fsp3) is 0.364. The maximum atomic E-state index is 13.3. The quantitative estimate of drug-likeness (QED) is 0.739. The van der Waals surface area contributed by atoms with E-state index in [1.165, 1.54) is 0 Å². The summed E-state index contributed by atoms with van der Waals surface area (Å²) in [7, 11) is 0. The summed E-state index contributed by atoms with van der Waals surface area (Å²) in [5.74, 6) is -0.292. The largest absolute Gasteiger partial charge is 0.370 e. The number of halogens is 2. The van der Waals surface area contributed by atoms with E-state index in [-0.39, 0.29) is 18.4 Å². The molecule has 0 radical (unpaired) electrons. The summed E-state index contributed by atoms with van der Waals surface area (Å²) in [6, 6.07) is 14.5. The SMILES string of the molecule is NC(=O)C[C@@H]1O[C@@H](c2cccc(Cl)c2)[C@H](c2ccc(Cl)cc2)N(CC2CC2)C1=O. The summed E-state index contributed by atoms with van der Waals surface area (Å²) in [6.07, 6.45) is 0.666. The molecule has 0 unspecified atom stereocenters. The Morgan fingerprint density at radius 3 is 2.41 bits per heavy atom. The molecule has 5 nitrogen and oxygen atoms in total. The van der Waals surface area contributed by atoms with Gasteiger partial charge in [-0.3, -0.25) is 9.59 Å². The maximum Gasteiger partial charge on any atom is 0.252 e. The van der Waals surface area contributed by atoms with Crippen molar-refractivity contribution >= 4 is 35.0 Å². The van der Waals surface area contributed by atoms with E-state index in [0.717, 1.165) is 24.0 Å². The van der Waals surface area contributed by atoms with Gasteiger partial charge in [0.15, 0.2) is 0 Å². The fourth-order valence-corrected chi connectivity index (χ4v) is 4.18. The molecular formula is C22H22Cl2N2O3. The van der Waals surface area contributed by atoms with Crippen LogP contribution in [0.5, 0.6) is 0 Å². The molecule has 2 aliphatic rings. The van der Waals surface area contributed by atoms with Crippen molar-refractivity contribution < 1.29 is 14.3 Å². The Morgan fingerprint density at radius 2 is 1.79 bits per heavy atom. The van der Waals surface area contributed by atoms with Crippen LogP contribution in [-0.2, 0) is 14.3 Å². The summed E-state index contributed by atoms with van der Waals surface area (Å²) in [4.78, 5) is 26.7. The second kappa shape index (κ2) is 8.34. The monoisotopic (exact) mass is 432 g/mol. The van der Waals surface area contributed by atoms with Crippen molar-refractivity contribution in [3.63, 3.8) is 0 Å². The van der Waals surface area contributed by atoms with Crippen molar-refractivity contribution in [3.05, 3.63) is 69.7 Å². The minimum atomic E-state index is -0.904. The lowest BCUT2D eigenvalue weighted by Gasteiger charge is -2.45. The number of hydrogen-bond acceptors (Lipinski definition) is 3. The minimum Gasteiger partial charge on any atom is -0.370 e. The molecule has 2 fully saturated rings. The van der Waals surface area contributed by atoms with E-state index in [1.54, 1.807) is 18.2 Å². The second-order valence-electron chi connectivity index (χ2n) is 7.70. The molecule has 3 atom stereocenters. The summed E-state index contributed by atoms with van der Waals surface area (Å²) < 4.78 is 6.20. The number of ether oxygens (including phenoxy) is 1. The molecule has 29 heavy (non-hydrogen) atoms. The molecule has 1 saturated heterocycles. The Balaban J connectivity index is 1.78. The second-order valence-corrected chi connectivity index (χ2v) is 8.57. The van der Waals surface area contributed by atoms with Gasteiger partial charge in [0, 0.05) is 16.6 Å². The third-order valence-electron chi connectivity index (χ3n) is 5.42. The first-order valence-corrected chi connectivity index (χ1v) is 10.4. The summed E-state index contributed by atoms with van der Waals surface area (Å²) >= 11 is 12.3. The lowest BCUT2D eigenvalue weighted by atomic mass is 9.91. The molecule has 1 aliphatic heterocycles. The highest BCUT2D eigenvalue weighted by molar-refractivity contribution is 6.30. The van der Waals surface area contributed by atoms with Crippen LogP contribution in [0, 0.1) is 5.92 Å². The average molecular weight is 433 g/mol. The molecular weight excluding hydrogens is 411 g/mol. The lowest BCUT2D eigenvalue weighted by Crippen LogP contribution is -2.52. The predicted octanol–water partition coefficient (Wildman–Crippen LogP) is 4.29. The van der Waals surface area contributed by atoms with Crippen molar-refractivity contribution in [2.45, 2.75) is 37.5 Å². The molecule has 2 amide bonds.